The average Bonchev–Trinajstić information content (AvgIpc) is 2.18. The number of nitrogens with zero attached hydrogens (tertiary/aromatic N) is 2. The summed E-state index contributed by atoms with van der Waals surface area (Å²) >= 11 is 0. The molecule has 3 nitrogen and oxygen atoms in total. The highest BCUT2D eigenvalue weighted by atomic mass is 16.3. The van der Waals surface area contributed by atoms with Crippen molar-refractivity contribution in [1.29, 1.82) is 0 Å². The standard InChI is InChI=1S/C10H10N2O/c13-7-5-8-3-4-9-10(12-8)2-1-6-11-9/h1-4,6,13H,5,7H2. The first kappa shape index (κ1) is 8.13. The molecule has 0 unspecified atom stereocenters. The maximum atomic E-state index is 8.74. The number of fused-ring (bicyclic) bond motifs is 1. The van der Waals surface area contributed by atoms with Crippen molar-refractivity contribution < 1.29 is 5.11 Å². The van der Waals surface area contributed by atoms with E-state index in [0.29, 0.717) is 6.42 Å². The molecule has 1 N–H and O–H groups in total. The molecule has 0 fully saturated rings. The first-order valence-corrected chi connectivity index (χ1v) is 4.21. The minimum absolute atomic E-state index is 0.138. The van der Waals surface area contributed by atoms with Crippen LogP contribution >= 0.6 is 0 Å². The van der Waals surface area contributed by atoms with E-state index < -0.39 is 0 Å². The zero-order valence-corrected chi connectivity index (χ0v) is 7.14. The molecule has 0 aliphatic heterocycles. The number of aliphatic hydroxyl groups is 1. The van der Waals surface area contributed by atoms with Crippen molar-refractivity contribution in [3.8, 4) is 0 Å². The van der Waals surface area contributed by atoms with Crippen LogP contribution in [0.4, 0.5) is 0 Å². The number of aromatic nitrogens is 2. The maximum absolute atomic E-state index is 8.74. The van der Waals surface area contributed by atoms with Gasteiger partial charge in [-0.2, -0.15) is 0 Å². The normalized spacial score (nSPS) is 10.5. The molecule has 0 aromatic carbocycles. The van der Waals surface area contributed by atoms with Gasteiger partial charge in [0.05, 0.1) is 11.0 Å². The molecule has 0 saturated heterocycles. The highest BCUT2D eigenvalue weighted by Gasteiger charge is 1.97. The summed E-state index contributed by atoms with van der Waals surface area (Å²) in [5, 5.41) is 8.74. The van der Waals surface area contributed by atoms with Gasteiger partial charge in [-0.25, -0.2) is 0 Å². The third-order valence-corrected chi connectivity index (χ3v) is 1.88. The molecule has 0 bridgehead atoms. The molecule has 0 saturated carbocycles. The molecule has 66 valence electrons. The lowest BCUT2D eigenvalue weighted by Gasteiger charge is -1.99. The van der Waals surface area contributed by atoms with Crippen LogP contribution in [0.3, 0.4) is 0 Å². The van der Waals surface area contributed by atoms with Gasteiger partial charge in [-0.3, -0.25) is 9.97 Å². The van der Waals surface area contributed by atoms with Gasteiger partial charge < -0.3 is 5.11 Å². The second-order valence-electron chi connectivity index (χ2n) is 2.82. The van der Waals surface area contributed by atoms with Gasteiger partial charge in [-0.1, -0.05) is 0 Å². The fraction of sp³-hybridized carbons (Fsp3) is 0.200. The van der Waals surface area contributed by atoms with Crippen LogP contribution in [-0.2, 0) is 6.42 Å². The van der Waals surface area contributed by atoms with E-state index in [9.17, 15) is 0 Å². The fourth-order valence-electron chi connectivity index (χ4n) is 1.25. The fourth-order valence-corrected chi connectivity index (χ4v) is 1.25. The lowest BCUT2D eigenvalue weighted by Crippen LogP contribution is -1.94. The third-order valence-electron chi connectivity index (χ3n) is 1.88. The minimum atomic E-state index is 0.138. The first-order chi connectivity index (χ1) is 6.40. The SMILES string of the molecule is OCCc1ccc2ncccc2n1. The molecule has 0 spiro atoms. The number of aliphatic hydroxyl groups excluding tert-OH is 1. The van der Waals surface area contributed by atoms with Crippen molar-refractivity contribution in [2.24, 2.45) is 0 Å². The van der Waals surface area contributed by atoms with Crippen LogP contribution in [0.1, 0.15) is 5.69 Å². The number of pyridine rings is 2. The zero-order chi connectivity index (χ0) is 9.10. The number of hydrogen-bond donors (Lipinski definition) is 1. The van der Waals surface area contributed by atoms with E-state index in [2.05, 4.69) is 9.97 Å². The smallest absolute Gasteiger partial charge is 0.0890 e. The Labute approximate surface area is 76.1 Å². The van der Waals surface area contributed by atoms with Crippen LogP contribution in [0.5, 0.6) is 0 Å². The number of hydrogen-bond acceptors (Lipinski definition) is 3. The van der Waals surface area contributed by atoms with E-state index in [1.165, 1.54) is 0 Å². The second kappa shape index (κ2) is 3.49. The van der Waals surface area contributed by atoms with Crippen molar-refractivity contribution >= 4 is 11.0 Å². The Morgan fingerprint density at radius 1 is 1.15 bits per heavy atom. The largest absolute Gasteiger partial charge is 0.396 e. The van der Waals surface area contributed by atoms with Crippen LogP contribution in [0.2, 0.25) is 0 Å². The Morgan fingerprint density at radius 2 is 2.08 bits per heavy atom. The lowest BCUT2D eigenvalue weighted by molar-refractivity contribution is 0.298. The monoisotopic (exact) mass is 174 g/mol. The summed E-state index contributed by atoms with van der Waals surface area (Å²) in [7, 11) is 0. The van der Waals surface area contributed by atoms with Gasteiger partial charge in [-0.15, -0.1) is 0 Å². The summed E-state index contributed by atoms with van der Waals surface area (Å²) in [6.07, 6.45) is 2.35. The lowest BCUT2D eigenvalue weighted by atomic mass is 10.2. The zero-order valence-electron chi connectivity index (χ0n) is 7.14. The molecule has 2 heterocycles. The molecule has 0 atom stereocenters. The molecular formula is C10H10N2O. The topological polar surface area (TPSA) is 46.0 Å². The van der Waals surface area contributed by atoms with E-state index in [-0.39, 0.29) is 6.61 Å². The summed E-state index contributed by atoms with van der Waals surface area (Å²) in [5.41, 5.74) is 2.68. The van der Waals surface area contributed by atoms with E-state index in [4.69, 9.17) is 5.11 Å². The van der Waals surface area contributed by atoms with Gasteiger partial charge in [0, 0.05) is 24.9 Å². The molecule has 0 amide bonds. The Hall–Kier alpha value is -1.48. The highest BCUT2D eigenvalue weighted by molar-refractivity contribution is 5.73. The van der Waals surface area contributed by atoms with Gasteiger partial charge >= 0.3 is 0 Å². The van der Waals surface area contributed by atoms with E-state index in [1.807, 2.05) is 24.3 Å². The Bertz CT molecular complexity index is 414. The van der Waals surface area contributed by atoms with Gasteiger partial charge in [-0.05, 0) is 24.3 Å². The van der Waals surface area contributed by atoms with Crippen LogP contribution in [0.15, 0.2) is 30.5 Å². The second-order valence-corrected chi connectivity index (χ2v) is 2.82. The molecule has 13 heavy (non-hydrogen) atoms. The summed E-state index contributed by atoms with van der Waals surface area (Å²) in [6, 6.07) is 7.60. The molecule has 0 aliphatic carbocycles. The maximum Gasteiger partial charge on any atom is 0.0890 e. The molecule has 3 heteroatoms. The highest BCUT2D eigenvalue weighted by Crippen LogP contribution is 2.08. The quantitative estimate of drug-likeness (QED) is 0.743. The van der Waals surface area contributed by atoms with Crippen molar-refractivity contribution in [2.45, 2.75) is 6.42 Å². The van der Waals surface area contributed by atoms with E-state index in [1.54, 1.807) is 6.20 Å². The molecule has 2 aromatic heterocycles. The summed E-state index contributed by atoms with van der Waals surface area (Å²) < 4.78 is 0. The molecular weight excluding hydrogens is 164 g/mol. The Kier molecular flexibility index (Phi) is 2.19. The molecule has 2 rings (SSSR count). The van der Waals surface area contributed by atoms with Gasteiger partial charge in [0.2, 0.25) is 0 Å². The molecule has 0 radical (unpaired) electrons. The third kappa shape index (κ3) is 1.65. The summed E-state index contributed by atoms with van der Waals surface area (Å²) in [4.78, 5) is 8.50. The van der Waals surface area contributed by atoms with E-state index >= 15 is 0 Å². The summed E-state index contributed by atoms with van der Waals surface area (Å²) in [6.45, 7) is 0.138. The predicted molar refractivity (Wildman–Crippen MR) is 50.3 cm³/mol. The number of rotatable bonds is 2. The van der Waals surface area contributed by atoms with Crippen molar-refractivity contribution in [2.75, 3.05) is 6.61 Å². The van der Waals surface area contributed by atoms with Crippen molar-refractivity contribution in [3.63, 3.8) is 0 Å². The van der Waals surface area contributed by atoms with Crippen LogP contribution in [0, 0.1) is 0 Å². The van der Waals surface area contributed by atoms with Gasteiger partial charge in [0.1, 0.15) is 0 Å². The predicted octanol–water partition coefficient (Wildman–Crippen LogP) is 1.16. The van der Waals surface area contributed by atoms with Crippen LogP contribution < -0.4 is 0 Å². The van der Waals surface area contributed by atoms with E-state index in [0.717, 1.165) is 16.7 Å². The average molecular weight is 174 g/mol. The van der Waals surface area contributed by atoms with Crippen LogP contribution in [0.25, 0.3) is 11.0 Å². The Morgan fingerprint density at radius 3 is 2.92 bits per heavy atom. The minimum Gasteiger partial charge on any atom is -0.396 e. The van der Waals surface area contributed by atoms with Crippen molar-refractivity contribution in [1.82, 2.24) is 9.97 Å². The molecule has 2 aromatic rings. The van der Waals surface area contributed by atoms with Crippen molar-refractivity contribution in [3.05, 3.63) is 36.2 Å². The van der Waals surface area contributed by atoms with Gasteiger partial charge in [0.15, 0.2) is 0 Å². The Balaban J connectivity index is 2.49. The summed E-state index contributed by atoms with van der Waals surface area (Å²) in [5.74, 6) is 0. The van der Waals surface area contributed by atoms with Crippen LogP contribution in [-0.4, -0.2) is 21.7 Å². The first-order valence-electron chi connectivity index (χ1n) is 4.21. The van der Waals surface area contributed by atoms with Gasteiger partial charge in [0.25, 0.3) is 0 Å². The molecule has 0 aliphatic rings.